The number of nitrogens with zero attached hydrogens (tertiary/aromatic N) is 1. The summed E-state index contributed by atoms with van der Waals surface area (Å²) >= 11 is 0. The Morgan fingerprint density at radius 3 is 2.31 bits per heavy atom. The Balaban J connectivity index is 1.64. The first-order valence-electron chi connectivity index (χ1n) is 7.39. The molecule has 1 N–H and O–H groups in total. The third-order valence-corrected chi connectivity index (χ3v) is 4.26. The normalized spacial score (nSPS) is 32.8. The number of hydrogen-bond donors (Lipinski definition) is 1. The molecule has 1 saturated carbocycles. The molecule has 0 aromatic carbocycles. The molecule has 0 radical (unpaired) electrons. The average Bonchev–Trinajstić information content (AvgIpc) is 2.33. The molecule has 1 heterocycles. The van der Waals surface area contributed by atoms with E-state index in [0.29, 0.717) is 0 Å². The van der Waals surface area contributed by atoms with Gasteiger partial charge >= 0.3 is 0 Å². The van der Waals surface area contributed by atoms with E-state index in [4.69, 9.17) is 0 Å². The van der Waals surface area contributed by atoms with Crippen LogP contribution in [0, 0.1) is 5.92 Å². The first kappa shape index (κ1) is 12.4. The van der Waals surface area contributed by atoms with Crippen molar-refractivity contribution in [3.8, 4) is 0 Å². The Kier molecular flexibility index (Phi) is 5.11. The third-order valence-electron chi connectivity index (χ3n) is 4.26. The lowest BCUT2D eigenvalue weighted by Gasteiger charge is -2.35. The van der Waals surface area contributed by atoms with Crippen LogP contribution in [0.2, 0.25) is 0 Å². The highest BCUT2D eigenvalue weighted by Crippen LogP contribution is 2.28. The van der Waals surface area contributed by atoms with Gasteiger partial charge in [-0.3, -0.25) is 5.43 Å². The summed E-state index contributed by atoms with van der Waals surface area (Å²) in [5.41, 5.74) is 3.75. The van der Waals surface area contributed by atoms with Crippen molar-refractivity contribution in [2.24, 2.45) is 5.92 Å². The summed E-state index contributed by atoms with van der Waals surface area (Å²) in [7, 11) is 0. The van der Waals surface area contributed by atoms with Crippen molar-refractivity contribution in [3.63, 3.8) is 0 Å². The predicted octanol–water partition coefficient (Wildman–Crippen LogP) is 3.34. The molecule has 1 aliphatic carbocycles. The van der Waals surface area contributed by atoms with E-state index in [-0.39, 0.29) is 0 Å². The molecule has 2 rings (SSSR count). The zero-order valence-electron chi connectivity index (χ0n) is 10.9. The van der Waals surface area contributed by atoms with Crippen molar-refractivity contribution in [2.75, 3.05) is 13.1 Å². The summed E-state index contributed by atoms with van der Waals surface area (Å²) in [5.74, 6) is 1.03. The maximum absolute atomic E-state index is 3.75. The molecular formula is C14H28N2. The number of piperidine rings is 1. The molecule has 2 heteroatoms. The minimum atomic E-state index is 0.784. The zero-order valence-corrected chi connectivity index (χ0v) is 10.9. The van der Waals surface area contributed by atoms with E-state index in [1.54, 1.807) is 0 Å². The monoisotopic (exact) mass is 224 g/mol. The highest BCUT2D eigenvalue weighted by molar-refractivity contribution is 4.77. The van der Waals surface area contributed by atoms with Gasteiger partial charge in [-0.1, -0.05) is 26.2 Å². The molecule has 2 aliphatic rings. The first-order valence-corrected chi connectivity index (χ1v) is 7.39. The van der Waals surface area contributed by atoms with E-state index in [2.05, 4.69) is 17.4 Å². The minimum absolute atomic E-state index is 0.784. The van der Waals surface area contributed by atoms with Gasteiger partial charge in [0.25, 0.3) is 0 Å². The van der Waals surface area contributed by atoms with E-state index >= 15 is 0 Å². The topological polar surface area (TPSA) is 15.3 Å². The van der Waals surface area contributed by atoms with E-state index in [9.17, 15) is 0 Å². The third kappa shape index (κ3) is 3.74. The van der Waals surface area contributed by atoms with Gasteiger partial charge in [0.2, 0.25) is 0 Å². The van der Waals surface area contributed by atoms with Crippen molar-refractivity contribution in [2.45, 2.75) is 70.8 Å². The molecule has 0 bridgehead atoms. The molecule has 0 amide bonds. The molecule has 1 aliphatic heterocycles. The lowest BCUT2D eigenvalue weighted by atomic mass is 9.84. The van der Waals surface area contributed by atoms with Crippen molar-refractivity contribution in [1.82, 2.24) is 10.4 Å². The molecule has 16 heavy (non-hydrogen) atoms. The second kappa shape index (κ2) is 6.61. The van der Waals surface area contributed by atoms with Gasteiger partial charge in [-0.2, -0.15) is 0 Å². The molecular weight excluding hydrogens is 196 g/mol. The van der Waals surface area contributed by atoms with Crippen molar-refractivity contribution < 1.29 is 0 Å². The van der Waals surface area contributed by atoms with Crippen LogP contribution in [-0.2, 0) is 0 Å². The lowest BCUT2D eigenvalue weighted by molar-refractivity contribution is 0.105. The van der Waals surface area contributed by atoms with Crippen molar-refractivity contribution in [3.05, 3.63) is 0 Å². The fourth-order valence-electron chi connectivity index (χ4n) is 3.27. The Morgan fingerprint density at radius 2 is 1.69 bits per heavy atom. The fourth-order valence-corrected chi connectivity index (χ4v) is 3.27. The molecule has 0 atom stereocenters. The number of hydrazine groups is 1. The largest absolute Gasteiger partial charge is 0.252 e. The summed E-state index contributed by atoms with van der Waals surface area (Å²) in [5, 5.41) is 2.48. The summed E-state index contributed by atoms with van der Waals surface area (Å²) in [6.45, 7) is 4.86. The lowest BCUT2D eigenvalue weighted by Crippen LogP contribution is -2.48. The standard InChI is InChI=1S/C14H28N2/c1-2-6-13-7-9-14(10-8-13)15-16-11-4-3-5-12-16/h13-15H,2-12H2,1H3. The van der Waals surface area contributed by atoms with E-state index in [1.165, 1.54) is 70.9 Å². The molecule has 2 nitrogen and oxygen atoms in total. The number of hydrogen-bond acceptors (Lipinski definition) is 2. The first-order chi connectivity index (χ1) is 7.88. The maximum atomic E-state index is 3.75. The highest BCUT2D eigenvalue weighted by Gasteiger charge is 2.22. The van der Waals surface area contributed by atoms with Gasteiger partial charge in [0.05, 0.1) is 0 Å². The second-order valence-electron chi connectivity index (χ2n) is 5.68. The Morgan fingerprint density at radius 1 is 1.00 bits per heavy atom. The van der Waals surface area contributed by atoms with Gasteiger partial charge in [0, 0.05) is 19.1 Å². The van der Waals surface area contributed by atoms with Crippen LogP contribution in [0.25, 0.3) is 0 Å². The van der Waals surface area contributed by atoms with Crippen LogP contribution in [0.1, 0.15) is 64.7 Å². The smallest absolute Gasteiger partial charge is 0.0215 e. The SMILES string of the molecule is CCCC1CCC(NN2CCCCC2)CC1. The summed E-state index contributed by atoms with van der Waals surface area (Å²) in [6.07, 6.45) is 12.8. The quantitative estimate of drug-likeness (QED) is 0.788. The predicted molar refractivity (Wildman–Crippen MR) is 69.2 cm³/mol. The molecule has 94 valence electrons. The Bertz CT molecular complexity index is 179. The van der Waals surface area contributed by atoms with Crippen LogP contribution in [0.4, 0.5) is 0 Å². The van der Waals surface area contributed by atoms with E-state index in [0.717, 1.165) is 12.0 Å². The van der Waals surface area contributed by atoms with E-state index < -0.39 is 0 Å². The minimum Gasteiger partial charge on any atom is -0.252 e. The Hall–Kier alpha value is -0.0800. The summed E-state index contributed by atoms with van der Waals surface area (Å²) in [4.78, 5) is 0. The second-order valence-corrected chi connectivity index (χ2v) is 5.68. The van der Waals surface area contributed by atoms with Gasteiger partial charge in [0.1, 0.15) is 0 Å². The van der Waals surface area contributed by atoms with Gasteiger partial charge < -0.3 is 0 Å². The van der Waals surface area contributed by atoms with Gasteiger partial charge in [0.15, 0.2) is 0 Å². The maximum Gasteiger partial charge on any atom is 0.0215 e. The average molecular weight is 224 g/mol. The molecule has 0 spiro atoms. The van der Waals surface area contributed by atoms with Crippen LogP contribution in [0.3, 0.4) is 0 Å². The molecule has 0 aromatic rings. The molecule has 0 aromatic heterocycles. The van der Waals surface area contributed by atoms with Crippen molar-refractivity contribution in [1.29, 1.82) is 0 Å². The van der Waals surface area contributed by atoms with Gasteiger partial charge in [-0.15, -0.1) is 0 Å². The molecule has 2 fully saturated rings. The highest BCUT2D eigenvalue weighted by atomic mass is 15.5. The number of rotatable bonds is 4. The number of nitrogens with one attached hydrogen (secondary N) is 1. The van der Waals surface area contributed by atoms with Gasteiger partial charge in [-0.25, -0.2) is 5.01 Å². The molecule has 1 saturated heterocycles. The van der Waals surface area contributed by atoms with Gasteiger partial charge in [-0.05, 0) is 44.4 Å². The van der Waals surface area contributed by atoms with Crippen molar-refractivity contribution >= 4 is 0 Å². The van der Waals surface area contributed by atoms with E-state index in [1.807, 2.05) is 0 Å². The van der Waals surface area contributed by atoms with Crippen LogP contribution in [0.5, 0.6) is 0 Å². The van der Waals surface area contributed by atoms with Crippen LogP contribution >= 0.6 is 0 Å². The summed E-state index contributed by atoms with van der Waals surface area (Å²) < 4.78 is 0. The fraction of sp³-hybridized carbons (Fsp3) is 1.00. The summed E-state index contributed by atoms with van der Waals surface area (Å²) in [6, 6.07) is 0.784. The van der Waals surface area contributed by atoms with Crippen LogP contribution in [-0.4, -0.2) is 24.1 Å². The zero-order chi connectivity index (χ0) is 11.2. The van der Waals surface area contributed by atoms with Crippen LogP contribution < -0.4 is 5.43 Å². The van der Waals surface area contributed by atoms with Crippen LogP contribution in [0.15, 0.2) is 0 Å². The Labute approximate surface area is 101 Å². The molecule has 0 unspecified atom stereocenters.